The molecule has 0 radical (unpaired) electrons. The molecule has 5 heteroatoms. The van der Waals surface area contributed by atoms with Crippen molar-refractivity contribution in [2.75, 3.05) is 18.5 Å². The summed E-state index contributed by atoms with van der Waals surface area (Å²) < 4.78 is 0. The minimum Gasteiger partial charge on any atom is -1.00 e. The van der Waals surface area contributed by atoms with Crippen LogP contribution in [0.25, 0.3) is 0 Å². The third-order valence-electron chi connectivity index (χ3n) is 4.48. The molecular formula is C19H32Cl4P-. The zero-order valence-corrected chi connectivity index (χ0v) is 19.2. The highest BCUT2D eigenvalue weighted by molar-refractivity contribution is 7.75. The van der Waals surface area contributed by atoms with Crippen molar-refractivity contribution in [1.29, 1.82) is 0 Å². The van der Waals surface area contributed by atoms with Crippen molar-refractivity contribution in [3.05, 3.63) is 33.8 Å². The van der Waals surface area contributed by atoms with Crippen LogP contribution in [0.15, 0.2) is 18.2 Å². The molecule has 0 atom stereocenters. The van der Waals surface area contributed by atoms with Crippen molar-refractivity contribution in [1.82, 2.24) is 0 Å². The van der Waals surface area contributed by atoms with Gasteiger partial charge in [0.05, 0.1) is 24.6 Å². The first-order valence-electron chi connectivity index (χ1n) is 8.86. The average molecular weight is 433 g/mol. The highest BCUT2D eigenvalue weighted by atomic mass is 35.5. The van der Waals surface area contributed by atoms with Gasteiger partial charge < -0.3 is 24.8 Å². The van der Waals surface area contributed by atoms with Gasteiger partial charge in [0, 0.05) is 22.9 Å². The number of hydrogen-bond donors (Lipinski definition) is 0. The van der Waals surface area contributed by atoms with Crippen LogP contribution in [-0.4, -0.2) is 18.5 Å². The molecule has 0 nitrogen and oxygen atoms in total. The molecule has 0 aliphatic heterocycles. The van der Waals surface area contributed by atoms with Crippen molar-refractivity contribution in [3.8, 4) is 0 Å². The number of benzene rings is 1. The van der Waals surface area contributed by atoms with Gasteiger partial charge in [-0.25, -0.2) is 0 Å². The zero-order chi connectivity index (χ0) is 16.4. The van der Waals surface area contributed by atoms with E-state index in [2.05, 4.69) is 26.8 Å². The molecule has 0 bridgehead atoms. The second-order valence-electron chi connectivity index (χ2n) is 6.47. The lowest BCUT2D eigenvalue weighted by Crippen LogP contribution is -3.00. The van der Waals surface area contributed by atoms with Gasteiger partial charge in [-0.15, -0.1) is 0 Å². The van der Waals surface area contributed by atoms with E-state index in [4.69, 9.17) is 23.2 Å². The highest BCUT2D eigenvalue weighted by Gasteiger charge is 2.36. The average Bonchev–Trinajstić information content (AvgIpc) is 2.51. The minimum atomic E-state index is -0.937. The summed E-state index contributed by atoms with van der Waals surface area (Å²) in [5.41, 5.74) is 1.32. The maximum absolute atomic E-state index is 6.47. The quantitative estimate of drug-likeness (QED) is 0.468. The predicted molar refractivity (Wildman–Crippen MR) is 106 cm³/mol. The first-order valence-corrected chi connectivity index (χ1v) is 12.1. The number of hydrogen-bond acceptors (Lipinski definition) is 0. The lowest BCUT2D eigenvalue weighted by Gasteiger charge is -2.28. The van der Waals surface area contributed by atoms with E-state index in [9.17, 15) is 0 Å². The van der Waals surface area contributed by atoms with Gasteiger partial charge in [0.15, 0.2) is 0 Å². The van der Waals surface area contributed by atoms with E-state index in [1.165, 1.54) is 68.7 Å². The monoisotopic (exact) mass is 431 g/mol. The summed E-state index contributed by atoms with van der Waals surface area (Å²) in [4.78, 5) is 0. The van der Waals surface area contributed by atoms with Gasteiger partial charge in [0.25, 0.3) is 0 Å². The summed E-state index contributed by atoms with van der Waals surface area (Å²) in [6.07, 6.45) is 13.5. The van der Waals surface area contributed by atoms with Crippen LogP contribution in [0.4, 0.5) is 0 Å². The Labute approximate surface area is 172 Å². The molecule has 1 rings (SSSR count). The van der Waals surface area contributed by atoms with Crippen LogP contribution >= 0.6 is 30.5 Å². The molecule has 24 heavy (non-hydrogen) atoms. The SMILES string of the molecule is CCCC[P+](CCCC)(CCCC)Cc1ccc(Cl)cc1Cl.[Cl-].[Cl-]. The Morgan fingerprint density at radius 2 is 1.25 bits per heavy atom. The molecule has 0 saturated heterocycles. The first kappa shape index (κ1) is 27.0. The van der Waals surface area contributed by atoms with Crippen LogP contribution in [-0.2, 0) is 6.16 Å². The van der Waals surface area contributed by atoms with Gasteiger partial charge in [0.2, 0.25) is 0 Å². The smallest absolute Gasteiger partial charge is 0.0857 e. The van der Waals surface area contributed by atoms with Crippen LogP contribution in [0.2, 0.25) is 10.0 Å². The Kier molecular flexibility index (Phi) is 16.8. The molecular weight excluding hydrogens is 401 g/mol. The van der Waals surface area contributed by atoms with Crippen molar-refractivity contribution in [2.24, 2.45) is 0 Å². The number of rotatable bonds is 11. The third kappa shape index (κ3) is 9.49. The van der Waals surface area contributed by atoms with Gasteiger partial charge in [-0.3, -0.25) is 0 Å². The molecule has 0 aliphatic carbocycles. The molecule has 1 aromatic rings. The Balaban J connectivity index is 0. The molecule has 0 aromatic heterocycles. The van der Waals surface area contributed by atoms with E-state index in [-0.39, 0.29) is 24.8 Å². The van der Waals surface area contributed by atoms with Crippen LogP contribution in [0, 0.1) is 0 Å². The Hall–Kier alpha value is 0.810. The highest BCUT2D eigenvalue weighted by Crippen LogP contribution is 2.63. The fraction of sp³-hybridized carbons (Fsp3) is 0.684. The summed E-state index contributed by atoms with van der Waals surface area (Å²) in [5, 5.41) is 1.61. The molecule has 0 spiro atoms. The maximum Gasteiger partial charge on any atom is 0.0857 e. The predicted octanol–water partition coefficient (Wildman–Crippen LogP) is 1.92. The van der Waals surface area contributed by atoms with Crippen molar-refractivity contribution in [3.63, 3.8) is 0 Å². The molecule has 1 aromatic carbocycles. The van der Waals surface area contributed by atoms with E-state index in [1.807, 2.05) is 12.1 Å². The summed E-state index contributed by atoms with van der Waals surface area (Å²) in [7, 11) is -0.937. The first-order chi connectivity index (χ1) is 10.6. The van der Waals surface area contributed by atoms with Crippen LogP contribution in [0.1, 0.15) is 64.9 Å². The molecule has 0 unspecified atom stereocenters. The molecule has 142 valence electrons. The zero-order valence-electron chi connectivity index (χ0n) is 15.3. The number of unbranched alkanes of at least 4 members (excludes halogenated alkanes) is 3. The lowest BCUT2D eigenvalue weighted by atomic mass is 10.2. The van der Waals surface area contributed by atoms with Crippen molar-refractivity contribution in [2.45, 2.75) is 65.5 Å². The molecule has 0 fully saturated rings. The van der Waals surface area contributed by atoms with Crippen LogP contribution < -0.4 is 24.8 Å². The molecule has 0 N–H and O–H groups in total. The lowest BCUT2D eigenvalue weighted by molar-refractivity contribution is -0.00100. The standard InChI is InChI=1S/C19H32Cl2P.2ClH/c1-4-7-12-22(13-8-5-2,14-9-6-3)16-17-10-11-18(20)15-19(17)21;;/h10-11,15H,4-9,12-14,16H2,1-3H3;2*1H/q+1;;/p-2. The second kappa shape index (κ2) is 14.9. The third-order valence-corrected chi connectivity index (χ3v) is 9.87. The van der Waals surface area contributed by atoms with Gasteiger partial charge in [-0.05, 0) is 31.4 Å². The Bertz CT molecular complexity index is 416. The summed E-state index contributed by atoms with van der Waals surface area (Å²) >= 11 is 12.5. The summed E-state index contributed by atoms with van der Waals surface area (Å²) in [6, 6.07) is 6.06. The summed E-state index contributed by atoms with van der Waals surface area (Å²) in [5.74, 6) is 0. The van der Waals surface area contributed by atoms with Gasteiger partial charge in [-0.1, -0.05) is 69.3 Å². The van der Waals surface area contributed by atoms with Crippen LogP contribution in [0.3, 0.4) is 0 Å². The normalized spacial score (nSPS) is 10.9. The van der Waals surface area contributed by atoms with E-state index >= 15 is 0 Å². The van der Waals surface area contributed by atoms with Crippen molar-refractivity contribution < 1.29 is 24.8 Å². The topological polar surface area (TPSA) is 0 Å². The van der Waals surface area contributed by atoms with Gasteiger partial charge in [-0.2, -0.15) is 0 Å². The fourth-order valence-electron chi connectivity index (χ4n) is 3.06. The van der Waals surface area contributed by atoms with Gasteiger partial charge in [0.1, 0.15) is 0 Å². The van der Waals surface area contributed by atoms with E-state index in [0.717, 1.165) is 10.0 Å². The minimum absolute atomic E-state index is 0. The van der Waals surface area contributed by atoms with Gasteiger partial charge >= 0.3 is 0 Å². The second-order valence-corrected chi connectivity index (χ2v) is 11.7. The molecule has 0 heterocycles. The van der Waals surface area contributed by atoms with Crippen LogP contribution in [0.5, 0.6) is 0 Å². The largest absolute Gasteiger partial charge is 1.00 e. The Morgan fingerprint density at radius 3 is 1.62 bits per heavy atom. The fourth-order valence-corrected chi connectivity index (χ4v) is 8.74. The molecule has 0 saturated carbocycles. The van der Waals surface area contributed by atoms with E-state index < -0.39 is 7.26 Å². The Morgan fingerprint density at radius 1 is 0.792 bits per heavy atom. The summed E-state index contributed by atoms with van der Waals surface area (Å²) in [6.45, 7) is 6.93. The van der Waals surface area contributed by atoms with Crippen molar-refractivity contribution >= 4 is 30.5 Å². The molecule has 0 amide bonds. The molecule has 0 aliphatic rings. The number of halogens is 4. The maximum atomic E-state index is 6.47. The van der Waals surface area contributed by atoms with E-state index in [0.29, 0.717) is 0 Å². The van der Waals surface area contributed by atoms with E-state index in [1.54, 1.807) is 0 Å².